The molecule has 26 heavy (non-hydrogen) atoms. The maximum absolute atomic E-state index is 13.8. The fraction of sp³-hybridized carbons (Fsp3) is 0.556. The Kier molecular flexibility index (Phi) is 7.23. The van der Waals surface area contributed by atoms with Crippen LogP contribution in [0.3, 0.4) is 0 Å². The lowest BCUT2D eigenvalue weighted by Crippen LogP contribution is -2.54. The monoisotopic (exact) mass is 385 g/mol. The molecule has 6 nitrogen and oxygen atoms in total. The minimum atomic E-state index is -0.573. The number of carbonyl (C=O) groups is 2. The number of amides is 2. The Morgan fingerprint density at radius 2 is 1.88 bits per heavy atom. The van der Waals surface area contributed by atoms with Gasteiger partial charge in [-0.1, -0.05) is 25.4 Å². The fourth-order valence-corrected chi connectivity index (χ4v) is 2.77. The van der Waals surface area contributed by atoms with Crippen LogP contribution in [0.25, 0.3) is 0 Å². The van der Waals surface area contributed by atoms with Gasteiger partial charge < -0.3 is 15.0 Å². The topological polar surface area (TPSA) is 61.9 Å². The Bertz CT molecular complexity index is 649. The smallest absolute Gasteiger partial charge is 0.409 e. The SMILES string of the molecule is CC(C)COC(=O)N1CCN(C(C)C(=O)Nc2ccc(Cl)cc2F)CC1. The second kappa shape index (κ2) is 9.19. The lowest BCUT2D eigenvalue weighted by molar-refractivity contribution is -0.121. The second-order valence-corrected chi connectivity index (χ2v) is 7.22. The molecule has 144 valence electrons. The van der Waals surface area contributed by atoms with E-state index in [9.17, 15) is 14.0 Å². The van der Waals surface area contributed by atoms with E-state index in [1.807, 2.05) is 18.7 Å². The van der Waals surface area contributed by atoms with Crippen LogP contribution in [0.2, 0.25) is 5.02 Å². The molecule has 1 saturated heterocycles. The average Bonchev–Trinajstić information content (AvgIpc) is 2.61. The largest absolute Gasteiger partial charge is 0.449 e. The molecule has 1 heterocycles. The Labute approximate surface area is 158 Å². The average molecular weight is 386 g/mol. The normalized spacial score (nSPS) is 16.5. The Morgan fingerprint density at radius 3 is 2.46 bits per heavy atom. The molecule has 1 aliphatic heterocycles. The van der Waals surface area contributed by atoms with Crippen LogP contribution in [0, 0.1) is 11.7 Å². The molecule has 1 N–H and O–H groups in total. The van der Waals surface area contributed by atoms with Gasteiger partial charge in [-0.05, 0) is 31.0 Å². The Balaban J connectivity index is 1.84. The van der Waals surface area contributed by atoms with Gasteiger partial charge in [0.25, 0.3) is 0 Å². The summed E-state index contributed by atoms with van der Waals surface area (Å²) in [6.45, 7) is 8.20. The lowest BCUT2D eigenvalue weighted by atomic mass is 10.2. The second-order valence-electron chi connectivity index (χ2n) is 6.78. The summed E-state index contributed by atoms with van der Waals surface area (Å²) in [5.41, 5.74) is 0.0992. The van der Waals surface area contributed by atoms with Gasteiger partial charge in [-0.15, -0.1) is 0 Å². The Hall–Kier alpha value is -1.86. The summed E-state index contributed by atoms with van der Waals surface area (Å²) in [6, 6.07) is 3.67. The highest BCUT2D eigenvalue weighted by Gasteiger charge is 2.28. The van der Waals surface area contributed by atoms with Crippen molar-refractivity contribution in [1.29, 1.82) is 0 Å². The van der Waals surface area contributed by atoms with Gasteiger partial charge in [0.05, 0.1) is 18.3 Å². The third kappa shape index (κ3) is 5.57. The van der Waals surface area contributed by atoms with Gasteiger partial charge in [-0.3, -0.25) is 9.69 Å². The van der Waals surface area contributed by atoms with Crippen molar-refractivity contribution < 1.29 is 18.7 Å². The third-order valence-corrected chi connectivity index (χ3v) is 4.46. The van der Waals surface area contributed by atoms with Crippen molar-refractivity contribution in [3.8, 4) is 0 Å². The molecule has 0 aliphatic carbocycles. The van der Waals surface area contributed by atoms with Crippen molar-refractivity contribution in [2.45, 2.75) is 26.8 Å². The molecule has 0 aromatic heterocycles. The van der Waals surface area contributed by atoms with Crippen molar-refractivity contribution in [3.05, 3.63) is 29.0 Å². The molecule has 8 heteroatoms. The number of piperazine rings is 1. The minimum absolute atomic E-state index is 0.0992. The molecule has 1 aromatic rings. The summed E-state index contributed by atoms with van der Waals surface area (Å²) in [4.78, 5) is 28.0. The van der Waals surface area contributed by atoms with Crippen molar-refractivity contribution >= 4 is 29.3 Å². The first-order valence-corrected chi connectivity index (χ1v) is 9.07. The first kappa shape index (κ1) is 20.5. The summed E-state index contributed by atoms with van der Waals surface area (Å²) in [5.74, 6) is -0.588. The van der Waals surface area contributed by atoms with Crippen LogP contribution in [-0.2, 0) is 9.53 Å². The van der Waals surface area contributed by atoms with E-state index >= 15 is 0 Å². The molecule has 2 rings (SSSR count). The van der Waals surface area contributed by atoms with E-state index in [-0.39, 0.29) is 28.6 Å². The van der Waals surface area contributed by atoms with E-state index < -0.39 is 11.9 Å². The zero-order valence-electron chi connectivity index (χ0n) is 15.3. The van der Waals surface area contributed by atoms with Crippen molar-refractivity contribution in [1.82, 2.24) is 9.80 Å². The summed E-state index contributed by atoms with van der Waals surface area (Å²) < 4.78 is 19.0. The van der Waals surface area contributed by atoms with E-state index in [1.165, 1.54) is 12.1 Å². The molecule has 0 saturated carbocycles. The highest BCUT2D eigenvalue weighted by molar-refractivity contribution is 6.30. The zero-order chi connectivity index (χ0) is 19.3. The number of halogens is 2. The van der Waals surface area contributed by atoms with E-state index in [1.54, 1.807) is 11.8 Å². The number of nitrogens with zero attached hydrogens (tertiary/aromatic N) is 2. The predicted octanol–water partition coefficient (Wildman–Crippen LogP) is 3.22. The van der Waals surface area contributed by atoms with Crippen molar-refractivity contribution in [2.24, 2.45) is 5.92 Å². The van der Waals surface area contributed by atoms with Gasteiger partial charge in [-0.25, -0.2) is 9.18 Å². The number of rotatable bonds is 5. The number of ether oxygens (including phenoxy) is 1. The van der Waals surface area contributed by atoms with Gasteiger partial charge in [-0.2, -0.15) is 0 Å². The molecular weight excluding hydrogens is 361 g/mol. The first-order chi connectivity index (χ1) is 12.3. The van der Waals surface area contributed by atoms with Crippen LogP contribution in [0.4, 0.5) is 14.9 Å². The molecular formula is C18H25ClFN3O3. The molecule has 0 spiro atoms. The standard InChI is InChI=1S/C18H25ClFN3O3/c1-12(2)11-26-18(25)23-8-6-22(7-9-23)13(3)17(24)21-16-5-4-14(19)10-15(16)20/h4-5,10,12-13H,6-9,11H2,1-3H3,(H,21,24). The highest BCUT2D eigenvalue weighted by atomic mass is 35.5. The molecule has 1 aromatic carbocycles. The summed E-state index contributed by atoms with van der Waals surface area (Å²) >= 11 is 5.71. The summed E-state index contributed by atoms with van der Waals surface area (Å²) in [5, 5.41) is 2.85. The van der Waals surface area contributed by atoms with E-state index in [0.29, 0.717) is 32.8 Å². The van der Waals surface area contributed by atoms with E-state index in [0.717, 1.165) is 6.07 Å². The van der Waals surface area contributed by atoms with E-state index in [2.05, 4.69) is 5.32 Å². The van der Waals surface area contributed by atoms with Gasteiger partial charge in [0.1, 0.15) is 5.82 Å². The first-order valence-electron chi connectivity index (χ1n) is 8.69. The molecule has 0 bridgehead atoms. The minimum Gasteiger partial charge on any atom is -0.449 e. The number of hydrogen-bond donors (Lipinski definition) is 1. The lowest BCUT2D eigenvalue weighted by Gasteiger charge is -2.36. The number of carbonyl (C=O) groups excluding carboxylic acids is 2. The maximum Gasteiger partial charge on any atom is 0.409 e. The quantitative estimate of drug-likeness (QED) is 0.845. The van der Waals surface area contributed by atoms with Gasteiger partial charge >= 0.3 is 6.09 Å². The number of benzene rings is 1. The van der Waals surface area contributed by atoms with Crippen LogP contribution in [0.1, 0.15) is 20.8 Å². The molecule has 2 amide bonds. The zero-order valence-corrected chi connectivity index (χ0v) is 16.1. The molecule has 1 atom stereocenters. The third-order valence-electron chi connectivity index (χ3n) is 4.23. The molecule has 1 aliphatic rings. The van der Waals surface area contributed by atoms with Crippen LogP contribution >= 0.6 is 11.6 Å². The molecule has 1 fully saturated rings. The Morgan fingerprint density at radius 1 is 1.23 bits per heavy atom. The van der Waals surface area contributed by atoms with E-state index in [4.69, 9.17) is 16.3 Å². The maximum atomic E-state index is 13.8. The van der Waals surface area contributed by atoms with Crippen molar-refractivity contribution in [3.63, 3.8) is 0 Å². The van der Waals surface area contributed by atoms with Gasteiger partial charge in [0, 0.05) is 31.2 Å². The van der Waals surface area contributed by atoms with Crippen LogP contribution in [0.15, 0.2) is 18.2 Å². The molecule has 0 radical (unpaired) electrons. The summed E-state index contributed by atoms with van der Waals surface area (Å²) in [7, 11) is 0. The number of hydrogen-bond acceptors (Lipinski definition) is 4. The number of nitrogens with one attached hydrogen (secondary N) is 1. The highest BCUT2D eigenvalue weighted by Crippen LogP contribution is 2.19. The summed E-state index contributed by atoms with van der Waals surface area (Å²) in [6.07, 6.45) is -0.321. The predicted molar refractivity (Wildman–Crippen MR) is 98.8 cm³/mol. The molecule has 1 unspecified atom stereocenters. The van der Waals surface area contributed by atoms with Gasteiger partial charge in [0.2, 0.25) is 5.91 Å². The number of anilines is 1. The van der Waals surface area contributed by atoms with Crippen LogP contribution < -0.4 is 5.32 Å². The van der Waals surface area contributed by atoms with Crippen LogP contribution in [0.5, 0.6) is 0 Å². The van der Waals surface area contributed by atoms with Crippen molar-refractivity contribution in [2.75, 3.05) is 38.1 Å². The van der Waals surface area contributed by atoms with Gasteiger partial charge in [0.15, 0.2) is 0 Å². The van der Waals surface area contributed by atoms with Crippen LogP contribution in [-0.4, -0.2) is 60.6 Å². The fourth-order valence-electron chi connectivity index (χ4n) is 2.61.